The second-order valence-corrected chi connectivity index (χ2v) is 6.38. The lowest BCUT2D eigenvalue weighted by Gasteiger charge is -2.23. The SMILES string of the molecule is C[N+](C)(C)CCCCCCO.NCCCCC(N)C(=O)O. The number of carboxylic acid groups (broad SMARTS) is 1. The van der Waals surface area contributed by atoms with E-state index in [0.29, 0.717) is 19.6 Å². The first kappa shape index (κ1) is 22.6. The van der Waals surface area contributed by atoms with Crippen molar-refractivity contribution in [1.29, 1.82) is 0 Å². The zero-order valence-corrected chi connectivity index (χ0v) is 14.1. The maximum atomic E-state index is 10.1. The van der Waals surface area contributed by atoms with Gasteiger partial charge in [-0.2, -0.15) is 0 Å². The number of aliphatic hydroxyl groups excluding tert-OH is 1. The maximum Gasteiger partial charge on any atom is 0.320 e. The Kier molecular flexibility index (Phi) is 15.3. The molecule has 0 bridgehead atoms. The summed E-state index contributed by atoms with van der Waals surface area (Å²) in [5.41, 5.74) is 10.4. The topological polar surface area (TPSA) is 110 Å². The lowest BCUT2D eigenvalue weighted by Crippen LogP contribution is -2.35. The van der Waals surface area contributed by atoms with Gasteiger partial charge in [-0.25, -0.2) is 0 Å². The Morgan fingerprint density at radius 2 is 1.62 bits per heavy atom. The summed E-state index contributed by atoms with van der Waals surface area (Å²) in [6.45, 7) is 2.20. The number of nitrogens with zero attached hydrogens (tertiary/aromatic N) is 1. The lowest BCUT2D eigenvalue weighted by molar-refractivity contribution is -0.870. The average molecular weight is 306 g/mol. The fourth-order valence-corrected chi connectivity index (χ4v) is 1.68. The standard InChI is InChI=1S/C9H22NO.C6H14N2O2/c1-10(2,3)8-6-4-5-7-9-11;7-4-2-1-3-5(8)6(9)10/h11H,4-9H2,1-3H3;5H,1-4,7-8H2,(H,9,10)/q+1;. The highest BCUT2D eigenvalue weighted by molar-refractivity contribution is 5.72. The first-order valence-corrected chi connectivity index (χ1v) is 7.84. The van der Waals surface area contributed by atoms with Crippen LogP contribution in [0, 0.1) is 0 Å². The molecule has 0 radical (unpaired) electrons. The molecule has 6 nitrogen and oxygen atoms in total. The zero-order chi connectivity index (χ0) is 16.7. The minimum absolute atomic E-state index is 0.352. The Labute approximate surface area is 129 Å². The van der Waals surface area contributed by atoms with E-state index >= 15 is 0 Å². The number of quaternary nitrogens is 1. The van der Waals surface area contributed by atoms with Gasteiger partial charge in [0.15, 0.2) is 0 Å². The molecule has 0 heterocycles. The van der Waals surface area contributed by atoms with Crippen LogP contribution in [0.1, 0.15) is 44.9 Å². The quantitative estimate of drug-likeness (QED) is 0.333. The molecule has 0 aromatic heterocycles. The molecule has 0 fully saturated rings. The van der Waals surface area contributed by atoms with Gasteiger partial charge < -0.3 is 26.2 Å². The van der Waals surface area contributed by atoms with Crippen LogP contribution in [0.4, 0.5) is 0 Å². The Morgan fingerprint density at radius 1 is 1.05 bits per heavy atom. The van der Waals surface area contributed by atoms with E-state index in [2.05, 4.69) is 21.1 Å². The highest BCUT2D eigenvalue weighted by Crippen LogP contribution is 2.02. The smallest absolute Gasteiger partial charge is 0.320 e. The largest absolute Gasteiger partial charge is 0.480 e. The molecule has 0 aromatic carbocycles. The van der Waals surface area contributed by atoms with Gasteiger partial charge in [0.25, 0.3) is 0 Å². The Balaban J connectivity index is 0. The van der Waals surface area contributed by atoms with E-state index < -0.39 is 12.0 Å². The summed E-state index contributed by atoms with van der Waals surface area (Å²) in [6, 6.07) is -0.716. The van der Waals surface area contributed by atoms with Crippen LogP contribution >= 0.6 is 0 Å². The van der Waals surface area contributed by atoms with E-state index in [1.807, 2.05) is 0 Å². The molecule has 0 spiro atoms. The van der Waals surface area contributed by atoms with Gasteiger partial charge in [0.1, 0.15) is 6.04 Å². The summed E-state index contributed by atoms with van der Waals surface area (Å²) < 4.78 is 1.05. The van der Waals surface area contributed by atoms with Crippen molar-refractivity contribution >= 4 is 5.97 Å². The summed E-state index contributed by atoms with van der Waals surface area (Å²) in [6.07, 6.45) is 6.85. The van der Waals surface area contributed by atoms with Gasteiger partial charge in [-0.1, -0.05) is 12.8 Å². The van der Waals surface area contributed by atoms with Crippen molar-refractivity contribution in [3.63, 3.8) is 0 Å². The predicted molar refractivity (Wildman–Crippen MR) is 87.0 cm³/mol. The van der Waals surface area contributed by atoms with Gasteiger partial charge in [-0.3, -0.25) is 4.79 Å². The van der Waals surface area contributed by atoms with Crippen LogP contribution in [0.3, 0.4) is 0 Å². The van der Waals surface area contributed by atoms with E-state index in [1.54, 1.807) is 0 Å². The number of carboxylic acids is 1. The number of aliphatic hydroxyl groups is 1. The van der Waals surface area contributed by atoms with E-state index in [-0.39, 0.29) is 0 Å². The molecule has 0 aromatic rings. The zero-order valence-electron chi connectivity index (χ0n) is 14.1. The monoisotopic (exact) mass is 306 g/mol. The Bertz CT molecular complexity index is 243. The summed E-state index contributed by atoms with van der Waals surface area (Å²) in [5, 5.41) is 16.8. The number of aliphatic carboxylic acids is 1. The molecular formula is C15H36N3O3+. The van der Waals surface area contributed by atoms with Crippen LogP contribution in [-0.2, 0) is 4.79 Å². The Morgan fingerprint density at radius 3 is 2.05 bits per heavy atom. The second-order valence-electron chi connectivity index (χ2n) is 6.38. The van der Waals surface area contributed by atoms with Gasteiger partial charge in [0.2, 0.25) is 0 Å². The molecule has 0 rings (SSSR count). The van der Waals surface area contributed by atoms with Crippen molar-refractivity contribution in [2.75, 3.05) is 40.8 Å². The first-order chi connectivity index (χ1) is 9.74. The third kappa shape index (κ3) is 21.8. The van der Waals surface area contributed by atoms with Gasteiger partial charge in [-0.15, -0.1) is 0 Å². The van der Waals surface area contributed by atoms with Crippen LogP contribution in [0.2, 0.25) is 0 Å². The molecule has 0 amide bonds. The third-order valence-electron chi connectivity index (χ3n) is 3.02. The van der Waals surface area contributed by atoms with Gasteiger partial charge >= 0.3 is 5.97 Å². The third-order valence-corrected chi connectivity index (χ3v) is 3.02. The predicted octanol–water partition coefficient (Wildman–Crippen LogP) is 0.773. The van der Waals surface area contributed by atoms with E-state index in [9.17, 15) is 4.79 Å². The molecule has 0 saturated carbocycles. The number of rotatable bonds is 11. The number of nitrogens with two attached hydrogens (primary N) is 2. The normalized spacial score (nSPS) is 12.5. The molecule has 6 heteroatoms. The summed E-state index contributed by atoms with van der Waals surface area (Å²) in [7, 11) is 6.64. The van der Waals surface area contributed by atoms with E-state index in [4.69, 9.17) is 21.7 Å². The number of carbonyl (C=O) groups is 1. The number of unbranched alkanes of at least 4 members (excludes halogenated alkanes) is 4. The van der Waals surface area contributed by atoms with Crippen molar-refractivity contribution in [1.82, 2.24) is 0 Å². The highest BCUT2D eigenvalue weighted by atomic mass is 16.4. The molecule has 0 aliphatic carbocycles. The number of hydrogen-bond acceptors (Lipinski definition) is 4. The molecular weight excluding hydrogens is 270 g/mol. The van der Waals surface area contributed by atoms with Gasteiger partial charge in [-0.05, 0) is 38.6 Å². The lowest BCUT2D eigenvalue weighted by atomic mass is 10.1. The van der Waals surface area contributed by atoms with Crippen molar-refractivity contribution in [3.8, 4) is 0 Å². The van der Waals surface area contributed by atoms with E-state index in [0.717, 1.165) is 23.7 Å². The molecule has 1 atom stereocenters. The molecule has 0 aliphatic heterocycles. The Hall–Kier alpha value is -0.690. The fraction of sp³-hybridized carbons (Fsp3) is 0.933. The maximum absolute atomic E-state index is 10.1. The van der Waals surface area contributed by atoms with Crippen molar-refractivity contribution in [2.45, 2.75) is 51.0 Å². The molecule has 1 unspecified atom stereocenters. The molecule has 0 saturated heterocycles. The summed E-state index contributed by atoms with van der Waals surface area (Å²) in [5.74, 6) is -0.933. The molecule has 128 valence electrons. The molecule has 21 heavy (non-hydrogen) atoms. The molecule has 6 N–H and O–H groups in total. The average Bonchev–Trinajstić information content (AvgIpc) is 2.38. The van der Waals surface area contributed by atoms with Crippen LogP contribution in [0.15, 0.2) is 0 Å². The van der Waals surface area contributed by atoms with Gasteiger partial charge in [0.05, 0.1) is 27.7 Å². The first-order valence-electron chi connectivity index (χ1n) is 7.84. The van der Waals surface area contributed by atoms with Crippen LogP contribution < -0.4 is 11.5 Å². The van der Waals surface area contributed by atoms with Crippen molar-refractivity contribution in [2.24, 2.45) is 11.5 Å². The minimum Gasteiger partial charge on any atom is -0.480 e. The fourth-order valence-electron chi connectivity index (χ4n) is 1.68. The summed E-state index contributed by atoms with van der Waals surface area (Å²) >= 11 is 0. The molecule has 0 aliphatic rings. The number of hydrogen-bond donors (Lipinski definition) is 4. The van der Waals surface area contributed by atoms with Crippen molar-refractivity contribution in [3.05, 3.63) is 0 Å². The minimum atomic E-state index is -0.933. The van der Waals surface area contributed by atoms with Crippen LogP contribution in [-0.4, -0.2) is 67.5 Å². The summed E-state index contributed by atoms with van der Waals surface area (Å²) in [4.78, 5) is 10.1. The van der Waals surface area contributed by atoms with Crippen LogP contribution in [0.5, 0.6) is 0 Å². The second kappa shape index (κ2) is 14.3. The van der Waals surface area contributed by atoms with Gasteiger partial charge in [0, 0.05) is 6.61 Å². The van der Waals surface area contributed by atoms with E-state index in [1.165, 1.54) is 25.8 Å². The highest BCUT2D eigenvalue weighted by Gasteiger charge is 2.09. The van der Waals surface area contributed by atoms with Crippen LogP contribution in [0.25, 0.3) is 0 Å². The van der Waals surface area contributed by atoms with Crippen molar-refractivity contribution < 1.29 is 19.5 Å².